The first-order valence-electron chi connectivity index (χ1n) is 6.30. The Labute approximate surface area is 125 Å². The lowest BCUT2D eigenvalue weighted by atomic mass is 10.1. The third-order valence-corrected chi connectivity index (χ3v) is 3.65. The number of carbonyl (C=O) groups is 1. The summed E-state index contributed by atoms with van der Waals surface area (Å²) in [4.78, 5) is 11.5. The van der Waals surface area contributed by atoms with Gasteiger partial charge in [-0.1, -0.05) is 23.7 Å². The van der Waals surface area contributed by atoms with E-state index >= 15 is 0 Å². The predicted molar refractivity (Wildman–Crippen MR) is 78.2 cm³/mol. The quantitative estimate of drug-likeness (QED) is 0.892. The number of rotatable bonds is 2. The van der Waals surface area contributed by atoms with Gasteiger partial charge in [0.05, 0.1) is 5.02 Å². The summed E-state index contributed by atoms with van der Waals surface area (Å²) in [5.41, 5.74) is 7.33. The summed E-state index contributed by atoms with van der Waals surface area (Å²) in [6.45, 7) is 1.64. The van der Waals surface area contributed by atoms with E-state index in [1.54, 1.807) is 31.2 Å². The third-order valence-electron chi connectivity index (χ3n) is 3.36. The van der Waals surface area contributed by atoms with Gasteiger partial charge in [-0.25, -0.2) is 4.39 Å². The average molecular weight is 307 g/mol. The van der Waals surface area contributed by atoms with Crippen LogP contribution in [0.5, 0.6) is 11.5 Å². The van der Waals surface area contributed by atoms with Crippen molar-refractivity contribution >= 4 is 23.2 Å². The molecule has 2 aromatic rings. The fourth-order valence-electron chi connectivity index (χ4n) is 2.18. The van der Waals surface area contributed by atoms with E-state index in [-0.39, 0.29) is 22.4 Å². The van der Waals surface area contributed by atoms with Crippen LogP contribution in [0, 0.1) is 12.7 Å². The Kier molecular flexibility index (Phi) is 3.31. The first-order valence-corrected chi connectivity index (χ1v) is 6.68. The zero-order valence-electron chi connectivity index (χ0n) is 11.1. The van der Waals surface area contributed by atoms with E-state index in [1.807, 2.05) is 0 Å². The van der Waals surface area contributed by atoms with Crippen molar-refractivity contribution in [2.45, 2.75) is 13.0 Å². The number of nitrogens with two attached hydrogens (primary N) is 1. The maximum atomic E-state index is 14.0. The van der Waals surface area contributed by atoms with Crippen molar-refractivity contribution in [1.82, 2.24) is 0 Å². The molecule has 0 spiro atoms. The second kappa shape index (κ2) is 5.02. The van der Waals surface area contributed by atoms with Gasteiger partial charge in [0.2, 0.25) is 5.91 Å². The molecule has 4 nitrogen and oxygen atoms in total. The monoisotopic (exact) mass is 306 g/mol. The highest BCUT2D eigenvalue weighted by atomic mass is 35.5. The van der Waals surface area contributed by atoms with Gasteiger partial charge in [-0.3, -0.25) is 4.79 Å². The largest absolute Gasteiger partial charge is 0.453 e. The number of fused-ring (bicyclic) bond motifs is 1. The van der Waals surface area contributed by atoms with E-state index in [4.69, 9.17) is 22.1 Å². The predicted octanol–water partition coefficient (Wildman–Crippen LogP) is 3.53. The van der Waals surface area contributed by atoms with Crippen LogP contribution in [0.2, 0.25) is 5.02 Å². The molecule has 0 saturated heterocycles. The van der Waals surface area contributed by atoms with E-state index in [0.717, 1.165) is 0 Å². The Morgan fingerprint density at radius 1 is 1.33 bits per heavy atom. The van der Waals surface area contributed by atoms with Crippen LogP contribution in [-0.4, -0.2) is 5.91 Å². The normalized spacial score (nSPS) is 16.6. The van der Waals surface area contributed by atoms with E-state index in [9.17, 15) is 9.18 Å². The fraction of sp³-hybridized carbons (Fsp3) is 0.133. The number of benzene rings is 2. The molecule has 0 bridgehead atoms. The van der Waals surface area contributed by atoms with E-state index in [1.165, 1.54) is 6.07 Å². The Bertz CT molecular complexity index is 749. The van der Waals surface area contributed by atoms with Gasteiger partial charge in [0, 0.05) is 17.3 Å². The molecule has 1 heterocycles. The molecule has 1 unspecified atom stereocenters. The maximum Gasteiger partial charge on any atom is 0.245 e. The molecule has 108 valence electrons. The number of halogens is 2. The summed E-state index contributed by atoms with van der Waals surface area (Å²) in [6.07, 6.45) is 0. The van der Waals surface area contributed by atoms with Gasteiger partial charge in [-0.15, -0.1) is 0 Å². The maximum absolute atomic E-state index is 14.0. The van der Waals surface area contributed by atoms with Gasteiger partial charge < -0.3 is 15.8 Å². The third kappa shape index (κ3) is 2.34. The summed E-state index contributed by atoms with van der Waals surface area (Å²) in [5.74, 6) is -0.422. The van der Waals surface area contributed by atoms with E-state index < -0.39 is 11.9 Å². The van der Waals surface area contributed by atoms with Crippen molar-refractivity contribution in [3.8, 4) is 11.5 Å². The number of aryl methyl sites for hydroxylation is 1. The number of nitrogens with one attached hydrogen (secondary N) is 1. The minimum atomic E-state index is -0.748. The van der Waals surface area contributed by atoms with Crippen molar-refractivity contribution < 1.29 is 13.9 Å². The van der Waals surface area contributed by atoms with Gasteiger partial charge in [-0.05, 0) is 24.6 Å². The Morgan fingerprint density at radius 2 is 2.10 bits per heavy atom. The number of ether oxygens (including phenoxy) is 1. The standard InChI is InChI=1S/C15H12ClFN2O2/c1-7-3-2-4-11(13(7)17)21-12-6-10-8(5-9(12)16)14(18)15(20)19-10/h2-6,14H,18H2,1H3,(H,19,20). The molecule has 1 aliphatic rings. The Balaban J connectivity index is 1.99. The van der Waals surface area contributed by atoms with Gasteiger partial charge in [0.1, 0.15) is 11.8 Å². The molecule has 0 fully saturated rings. The van der Waals surface area contributed by atoms with Crippen LogP contribution in [0.4, 0.5) is 10.1 Å². The fourth-order valence-corrected chi connectivity index (χ4v) is 2.39. The van der Waals surface area contributed by atoms with Crippen molar-refractivity contribution in [3.63, 3.8) is 0 Å². The number of carbonyl (C=O) groups excluding carboxylic acids is 1. The summed E-state index contributed by atoms with van der Waals surface area (Å²) >= 11 is 6.12. The molecule has 0 aromatic heterocycles. The van der Waals surface area contributed by atoms with Crippen LogP contribution in [0.3, 0.4) is 0 Å². The second-order valence-corrected chi connectivity index (χ2v) is 5.23. The Hall–Kier alpha value is -2.11. The SMILES string of the molecule is Cc1cccc(Oc2cc3c(cc2Cl)C(N)C(=O)N3)c1F. The molecule has 1 atom stereocenters. The summed E-state index contributed by atoms with van der Waals surface area (Å²) in [6, 6.07) is 7.20. The van der Waals surface area contributed by atoms with Gasteiger partial charge in [0.25, 0.3) is 0 Å². The molecule has 1 amide bonds. The number of amides is 1. The molecule has 6 heteroatoms. The highest BCUT2D eigenvalue weighted by Gasteiger charge is 2.28. The van der Waals surface area contributed by atoms with Gasteiger partial charge >= 0.3 is 0 Å². The topological polar surface area (TPSA) is 64.3 Å². The van der Waals surface area contributed by atoms with Crippen LogP contribution < -0.4 is 15.8 Å². The molecule has 0 saturated carbocycles. The van der Waals surface area contributed by atoms with Crippen LogP contribution in [0.25, 0.3) is 0 Å². The van der Waals surface area contributed by atoms with Gasteiger partial charge in [0.15, 0.2) is 11.6 Å². The summed E-state index contributed by atoms with van der Waals surface area (Å²) in [5, 5.41) is 2.90. The molecular formula is C15H12ClFN2O2. The van der Waals surface area contributed by atoms with Crippen LogP contribution in [0.1, 0.15) is 17.2 Å². The first kappa shape index (κ1) is 13.9. The summed E-state index contributed by atoms with van der Waals surface area (Å²) in [7, 11) is 0. The first-order chi connectivity index (χ1) is 9.97. The lowest BCUT2D eigenvalue weighted by Crippen LogP contribution is -2.19. The van der Waals surface area contributed by atoms with E-state index in [0.29, 0.717) is 16.8 Å². The average Bonchev–Trinajstić information content (AvgIpc) is 2.71. The highest BCUT2D eigenvalue weighted by Crippen LogP contribution is 2.39. The molecule has 2 aromatic carbocycles. The van der Waals surface area contributed by atoms with Crippen LogP contribution >= 0.6 is 11.6 Å². The lowest BCUT2D eigenvalue weighted by molar-refractivity contribution is -0.116. The smallest absolute Gasteiger partial charge is 0.245 e. The molecule has 3 N–H and O–H groups in total. The molecule has 21 heavy (non-hydrogen) atoms. The number of hydrogen-bond acceptors (Lipinski definition) is 3. The summed E-state index contributed by atoms with van der Waals surface area (Å²) < 4.78 is 19.5. The minimum Gasteiger partial charge on any atom is -0.453 e. The second-order valence-electron chi connectivity index (χ2n) is 4.83. The molecule has 1 aliphatic heterocycles. The molecular weight excluding hydrogens is 295 g/mol. The van der Waals surface area contributed by atoms with Crippen molar-refractivity contribution in [3.05, 3.63) is 52.3 Å². The zero-order chi connectivity index (χ0) is 15.1. The molecule has 0 aliphatic carbocycles. The number of anilines is 1. The van der Waals surface area contributed by atoms with Crippen molar-refractivity contribution in [1.29, 1.82) is 0 Å². The van der Waals surface area contributed by atoms with Crippen LogP contribution in [0.15, 0.2) is 30.3 Å². The number of hydrogen-bond donors (Lipinski definition) is 2. The Morgan fingerprint density at radius 3 is 2.86 bits per heavy atom. The minimum absolute atomic E-state index is 0.0745. The molecule has 0 radical (unpaired) electrons. The lowest BCUT2D eigenvalue weighted by Gasteiger charge is -2.11. The molecule has 3 rings (SSSR count). The highest BCUT2D eigenvalue weighted by molar-refractivity contribution is 6.32. The van der Waals surface area contributed by atoms with Gasteiger partial charge in [-0.2, -0.15) is 0 Å². The van der Waals surface area contributed by atoms with Crippen molar-refractivity contribution in [2.24, 2.45) is 5.73 Å². The van der Waals surface area contributed by atoms with Crippen LogP contribution in [-0.2, 0) is 4.79 Å². The van der Waals surface area contributed by atoms with Crippen molar-refractivity contribution in [2.75, 3.05) is 5.32 Å². The van der Waals surface area contributed by atoms with E-state index in [2.05, 4.69) is 5.32 Å². The zero-order valence-corrected chi connectivity index (χ0v) is 11.9.